The van der Waals surface area contributed by atoms with Crippen LogP contribution in [0.15, 0.2) is 0 Å². The second kappa shape index (κ2) is 3.44. The molecule has 2 fully saturated rings. The van der Waals surface area contributed by atoms with Crippen LogP contribution in [0.2, 0.25) is 0 Å². The quantitative estimate of drug-likeness (QED) is 0.598. The minimum atomic E-state index is 0.348. The van der Waals surface area contributed by atoms with E-state index < -0.39 is 0 Å². The van der Waals surface area contributed by atoms with Crippen LogP contribution in [0.5, 0.6) is 0 Å². The molecular formula is C9H16N2O. The molecule has 0 radical (unpaired) electrons. The summed E-state index contributed by atoms with van der Waals surface area (Å²) in [5.74, 6) is 1.06. The summed E-state index contributed by atoms with van der Waals surface area (Å²) < 4.78 is 0. The second-order valence-electron chi connectivity index (χ2n) is 3.80. The molecule has 2 saturated heterocycles. The SMILES string of the molecule is O=C1CCN1CC1CCCNC1. The summed E-state index contributed by atoms with van der Waals surface area (Å²) in [6, 6.07) is 0. The normalized spacial score (nSPS) is 30.2. The van der Waals surface area contributed by atoms with Gasteiger partial charge in [-0.15, -0.1) is 0 Å². The number of nitrogens with one attached hydrogen (secondary N) is 1. The summed E-state index contributed by atoms with van der Waals surface area (Å²) >= 11 is 0. The monoisotopic (exact) mass is 168 g/mol. The van der Waals surface area contributed by atoms with Gasteiger partial charge in [0.25, 0.3) is 0 Å². The van der Waals surface area contributed by atoms with E-state index in [1.807, 2.05) is 4.90 Å². The fourth-order valence-electron chi connectivity index (χ4n) is 1.95. The van der Waals surface area contributed by atoms with Crippen molar-refractivity contribution in [1.29, 1.82) is 0 Å². The Balaban J connectivity index is 1.74. The van der Waals surface area contributed by atoms with Gasteiger partial charge in [0.1, 0.15) is 0 Å². The lowest BCUT2D eigenvalue weighted by molar-refractivity contribution is -0.140. The molecule has 1 unspecified atom stereocenters. The van der Waals surface area contributed by atoms with Crippen molar-refractivity contribution in [3.8, 4) is 0 Å². The largest absolute Gasteiger partial charge is 0.342 e. The maximum atomic E-state index is 11.0. The third kappa shape index (κ3) is 1.61. The Bertz CT molecular complexity index is 175. The fraction of sp³-hybridized carbons (Fsp3) is 0.889. The third-order valence-electron chi connectivity index (χ3n) is 2.83. The smallest absolute Gasteiger partial charge is 0.224 e. The average Bonchev–Trinajstić information content (AvgIpc) is 2.14. The Kier molecular flexibility index (Phi) is 2.30. The zero-order valence-corrected chi connectivity index (χ0v) is 7.38. The Morgan fingerprint density at radius 1 is 1.58 bits per heavy atom. The summed E-state index contributed by atoms with van der Waals surface area (Å²) in [7, 11) is 0. The number of piperidine rings is 1. The molecule has 0 saturated carbocycles. The lowest BCUT2D eigenvalue weighted by Gasteiger charge is -2.35. The molecule has 0 spiro atoms. The number of β-lactam (4-membered cyclic amide) rings is 1. The van der Waals surface area contributed by atoms with Crippen LogP contribution < -0.4 is 5.32 Å². The van der Waals surface area contributed by atoms with E-state index in [9.17, 15) is 4.79 Å². The van der Waals surface area contributed by atoms with Crippen LogP contribution in [0.3, 0.4) is 0 Å². The maximum absolute atomic E-state index is 11.0. The van der Waals surface area contributed by atoms with E-state index in [0.29, 0.717) is 11.8 Å². The van der Waals surface area contributed by atoms with Crippen molar-refractivity contribution in [2.24, 2.45) is 5.92 Å². The first-order valence-corrected chi connectivity index (χ1v) is 4.85. The van der Waals surface area contributed by atoms with Gasteiger partial charge >= 0.3 is 0 Å². The number of hydrogen-bond donors (Lipinski definition) is 1. The van der Waals surface area contributed by atoms with Crippen molar-refractivity contribution in [3.63, 3.8) is 0 Å². The first-order chi connectivity index (χ1) is 5.86. The van der Waals surface area contributed by atoms with Crippen molar-refractivity contribution in [3.05, 3.63) is 0 Å². The molecule has 2 heterocycles. The topological polar surface area (TPSA) is 32.3 Å². The van der Waals surface area contributed by atoms with E-state index in [4.69, 9.17) is 0 Å². The summed E-state index contributed by atoms with van der Waals surface area (Å²) in [6.45, 7) is 4.25. The van der Waals surface area contributed by atoms with Crippen molar-refractivity contribution in [1.82, 2.24) is 10.2 Å². The zero-order chi connectivity index (χ0) is 8.39. The van der Waals surface area contributed by atoms with Crippen LogP contribution in [-0.4, -0.2) is 37.0 Å². The van der Waals surface area contributed by atoms with Gasteiger partial charge in [0.15, 0.2) is 0 Å². The second-order valence-corrected chi connectivity index (χ2v) is 3.80. The van der Waals surface area contributed by atoms with E-state index in [2.05, 4.69) is 5.32 Å². The van der Waals surface area contributed by atoms with Gasteiger partial charge in [0, 0.05) is 19.5 Å². The predicted octanol–water partition coefficient (Wildman–Crippen LogP) is 0.218. The standard InChI is InChI=1S/C9H16N2O/c12-9-3-5-11(9)7-8-2-1-4-10-6-8/h8,10H,1-7H2. The minimum absolute atomic E-state index is 0.348. The van der Waals surface area contributed by atoms with Crippen molar-refractivity contribution >= 4 is 5.91 Å². The predicted molar refractivity (Wildman–Crippen MR) is 46.8 cm³/mol. The molecule has 2 aliphatic rings. The maximum Gasteiger partial charge on any atom is 0.224 e. The highest BCUT2D eigenvalue weighted by atomic mass is 16.2. The summed E-state index contributed by atoms with van der Waals surface area (Å²) in [5.41, 5.74) is 0. The molecule has 0 aliphatic carbocycles. The number of likely N-dealkylation sites (tertiary alicyclic amines) is 1. The molecule has 12 heavy (non-hydrogen) atoms. The van der Waals surface area contributed by atoms with Gasteiger partial charge < -0.3 is 10.2 Å². The highest BCUT2D eigenvalue weighted by molar-refractivity contribution is 5.81. The van der Waals surface area contributed by atoms with E-state index in [0.717, 1.165) is 32.6 Å². The number of hydrogen-bond acceptors (Lipinski definition) is 2. The van der Waals surface area contributed by atoms with Gasteiger partial charge in [-0.1, -0.05) is 0 Å². The van der Waals surface area contributed by atoms with Gasteiger partial charge in [0.2, 0.25) is 5.91 Å². The van der Waals surface area contributed by atoms with Gasteiger partial charge in [-0.3, -0.25) is 4.79 Å². The van der Waals surface area contributed by atoms with Crippen molar-refractivity contribution in [2.45, 2.75) is 19.3 Å². The molecule has 1 N–H and O–H groups in total. The molecule has 3 nitrogen and oxygen atoms in total. The van der Waals surface area contributed by atoms with Gasteiger partial charge in [-0.2, -0.15) is 0 Å². The molecule has 0 aromatic carbocycles. The molecule has 0 aromatic rings. The summed E-state index contributed by atoms with van der Waals surface area (Å²) in [4.78, 5) is 13.0. The number of rotatable bonds is 2. The molecule has 1 atom stereocenters. The van der Waals surface area contributed by atoms with Crippen LogP contribution in [-0.2, 0) is 4.79 Å². The van der Waals surface area contributed by atoms with E-state index in [-0.39, 0.29) is 0 Å². The zero-order valence-electron chi connectivity index (χ0n) is 7.38. The van der Waals surface area contributed by atoms with E-state index in [1.165, 1.54) is 12.8 Å². The first-order valence-electron chi connectivity index (χ1n) is 4.85. The van der Waals surface area contributed by atoms with Crippen LogP contribution in [0.25, 0.3) is 0 Å². The molecule has 1 amide bonds. The first kappa shape index (κ1) is 8.05. The fourth-order valence-corrected chi connectivity index (χ4v) is 1.95. The average molecular weight is 168 g/mol. The molecule has 68 valence electrons. The van der Waals surface area contributed by atoms with Crippen LogP contribution >= 0.6 is 0 Å². The van der Waals surface area contributed by atoms with Crippen LogP contribution in [0.4, 0.5) is 0 Å². The van der Waals surface area contributed by atoms with Crippen molar-refractivity contribution < 1.29 is 4.79 Å². The third-order valence-corrected chi connectivity index (χ3v) is 2.83. The van der Waals surface area contributed by atoms with Gasteiger partial charge in [-0.25, -0.2) is 0 Å². The van der Waals surface area contributed by atoms with E-state index in [1.54, 1.807) is 0 Å². The minimum Gasteiger partial charge on any atom is -0.342 e. The number of amides is 1. The van der Waals surface area contributed by atoms with Gasteiger partial charge in [-0.05, 0) is 31.8 Å². The summed E-state index contributed by atoms with van der Waals surface area (Å²) in [6.07, 6.45) is 3.34. The number of carbonyl (C=O) groups is 1. The Hall–Kier alpha value is -0.570. The Morgan fingerprint density at radius 2 is 2.50 bits per heavy atom. The Morgan fingerprint density at radius 3 is 3.00 bits per heavy atom. The summed E-state index contributed by atoms with van der Waals surface area (Å²) in [5, 5.41) is 3.37. The lowest BCUT2D eigenvalue weighted by atomic mass is 9.97. The van der Waals surface area contributed by atoms with E-state index >= 15 is 0 Å². The molecule has 2 rings (SSSR count). The number of carbonyl (C=O) groups excluding carboxylic acids is 1. The number of nitrogens with zero attached hydrogens (tertiary/aromatic N) is 1. The van der Waals surface area contributed by atoms with Crippen molar-refractivity contribution in [2.75, 3.05) is 26.2 Å². The van der Waals surface area contributed by atoms with Crippen LogP contribution in [0, 0.1) is 5.92 Å². The molecule has 0 bridgehead atoms. The lowest BCUT2D eigenvalue weighted by Crippen LogP contribution is -2.48. The highest BCUT2D eigenvalue weighted by Crippen LogP contribution is 2.16. The Labute approximate surface area is 73.1 Å². The molecule has 2 aliphatic heterocycles. The molecule has 3 heteroatoms. The molecular weight excluding hydrogens is 152 g/mol. The van der Waals surface area contributed by atoms with Gasteiger partial charge in [0.05, 0.1) is 0 Å². The van der Waals surface area contributed by atoms with Crippen LogP contribution in [0.1, 0.15) is 19.3 Å². The molecule has 0 aromatic heterocycles. The highest BCUT2D eigenvalue weighted by Gasteiger charge is 2.26.